The van der Waals surface area contributed by atoms with Gasteiger partial charge in [-0.1, -0.05) is 13.8 Å². The fourth-order valence-corrected chi connectivity index (χ4v) is 3.85. The van der Waals surface area contributed by atoms with Gasteiger partial charge in [-0.3, -0.25) is 19.3 Å². The van der Waals surface area contributed by atoms with Crippen molar-refractivity contribution in [3.63, 3.8) is 0 Å². The Bertz CT molecular complexity index is 952. The van der Waals surface area contributed by atoms with Crippen LogP contribution in [0.5, 0.6) is 0 Å². The van der Waals surface area contributed by atoms with Gasteiger partial charge in [0, 0.05) is 6.61 Å². The SMILES string of the molecule is COC(=O)C(CC(C)C)NC(=O)COC(=O)c1ccc2c(c1)C(=O)N(CC1CCCO1)C2=O. The van der Waals surface area contributed by atoms with E-state index in [2.05, 4.69) is 10.1 Å². The minimum atomic E-state index is -0.848. The highest BCUT2D eigenvalue weighted by molar-refractivity contribution is 6.22. The van der Waals surface area contributed by atoms with Crippen LogP contribution in [0.4, 0.5) is 0 Å². The maximum absolute atomic E-state index is 12.7. The van der Waals surface area contributed by atoms with Crippen molar-refractivity contribution in [2.75, 3.05) is 26.9 Å². The smallest absolute Gasteiger partial charge is 0.338 e. The molecular formula is C23H28N2O8. The number of esters is 2. The van der Waals surface area contributed by atoms with Gasteiger partial charge in [0.25, 0.3) is 17.7 Å². The third-order valence-electron chi connectivity index (χ3n) is 5.48. The van der Waals surface area contributed by atoms with Gasteiger partial charge in [-0.15, -0.1) is 0 Å². The minimum Gasteiger partial charge on any atom is -0.467 e. The van der Waals surface area contributed by atoms with E-state index in [-0.39, 0.29) is 35.3 Å². The lowest BCUT2D eigenvalue weighted by molar-refractivity contribution is -0.145. The van der Waals surface area contributed by atoms with Crippen molar-refractivity contribution in [1.82, 2.24) is 10.2 Å². The van der Waals surface area contributed by atoms with Gasteiger partial charge in [-0.2, -0.15) is 0 Å². The zero-order chi connectivity index (χ0) is 24.1. The molecular weight excluding hydrogens is 432 g/mol. The number of ether oxygens (including phenoxy) is 3. The first-order valence-electron chi connectivity index (χ1n) is 10.9. The molecule has 1 aromatic carbocycles. The van der Waals surface area contributed by atoms with Gasteiger partial charge in [0.05, 0.1) is 36.4 Å². The summed E-state index contributed by atoms with van der Waals surface area (Å²) < 4.78 is 15.2. The highest BCUT2D eigenvalue weighted by Crippen LogP contribution is 2.26. The van der Waals surface area contributed by atoms with E-state index in [9.17, 15) is 24.0 Å². The van der Waals surface area contributed by atoms with Crippen LogP contribution in [0, 0.1) is 5.92 Å². The molecule has 2 aliphatic rings. The highest BCUT2D eigenvalue weighted by atomic mass is 16.5. The Labute approximate surface area is 191 Å². The molecule has 0 bridgehead atoms. The van der Waals surface area contributed by atoms with Crippen LogP contribution in [0.1, 0.15) is 64.2 Å². The van der Waals surface area contributed by atoms with Crippen molar-refractivity contribution in [2.24, 2.45) is 5.92 Å². The van der Waals surface area contributed by atoms with Crippen LogP contribution in [0.2, 0.25) is 0 Å². The average Bonchev–Trinajstić information content (AvgIpc) is 3.39. The molecule has 2 atom stereocenters. The van der Waals surface area contributed by atoms with Crippen molar-refractivity contribution in [1.29, 1.82) is 0 Å². The summed E-state index contributed by atoms with van der Waals surface area (Å²) in [6, 6.07) is 3.22. The molecule has 0 saturated carbocycles. The molecule has 1 fully saturated rings. The molecule has 10 heteroatoms. The number of fused-ring (bicyclic) bond motifs is 1. The lowest BCUT2D eigenvalue weighted by Gasteiger charge is -2.18. The molecule has 0 radical (unpaired) electrons. The second kappa shape index (κ2) is 10.6. The number of hydrogen-bond donors (Lipinski definition) is 1. The fraction of sp³-hybridized carbons (Fsp3) is 0.522. The van der Waals surface area contributed by atoms with E-state index in [4.69, 9.17) is 9.47 Å². The number of imide groups is 1. The first kappa shape index (κ1) is 24.4. The van der Waals surface area contributed by atoms with Gasteiger partial charge < -0.3 is 19.5 Å². The lowest BCUT2D eigenvalue weighted by Crippen LogP contribution is -2.44. The Morgan fingerprint density at radius 2 is 1.91 bits per heavy atom. The standard InChI is InChI=1S/C23H28N2O8/c1-13(2)9-18(23(30)31-3)24-19(26)12-33-22(29)14-6-7-16-17(10-14)21(28)25(20(16)27)11-15-5-4-8-32-15/h6-7,10,13,15,18H,4-5,8-9,11-12H2,1-3H3,(H,24,26). The van der Waals surface area contributed by atoms with Crippen LogP contribution >= 0.6 is 0 Å². The molecule has 2 unspecified atom stereocenters. The molecule has 1 N–H and O–H groups in total. The van der Waals surface area contributed by atoms with Gasteiger partial charge in [0.1, 0.15) is 6.04 Å². The number of nitrogens with zero attached hydrogens (tertiary/aromatic N) is 1. The third kappa shape index (κ3) is 5.75. The highest BCUT2D eigenvalue weighted by Gasteiger charge is 2.38. The number of benzene rings is 1. The molecule has 3 rings (SSSR count). The van der Waals surface area contributed by atoms with Gasteiger partial charge in [0.2, 0.25) is 0 Å². The van der Waals surface area contributed by atoms with Crippen molar-refractivity contribution >= 4 is 29.7 Å². The maximum atomic E-state index is 12.7. The topological polar surface area (TPSA) is 128 Å². The second-order valence-corrected chi connectivity index (χ2v) is 8.47. The lowest BCUT2D eigenvalue weighted by atomic mass is 10.0. The molecule has 1 saturated heterocycles. The zero-order valence-corrected chi connectivity index (χ0v) is 18.9. The van der Waals surface area contributed by atoms with Gasteiger partial charge in [-0.05, 0) is 43.4 Å². The molecule has 0 spiro atoms. The van der Waals surface area contributed by atoms with E-state index >= 15 is 0 Å². The molecule has 0 aromatic heterocycles. The summed E-state index contributed by atoms with van der Waals surface area (Å²) >= 11 is 0. The van der Waals surface area contributed by atoms with Crippen molar-refractivity contribution in [2.45, 2.75) is 45.3 Å². The summed E-state index contributed by atoms with van der Waals surface area (Å²) in [5, 5.41) is 2.49. The molecule has 2 aliphatic heterocycles. The molecule has 0 aliphatic carbocycles. The van der Waals surface area contributed by atoms with Crippen molar-refractivity contribution < 1.29 is 38.2 Å². The Morgan fingerprint density at radius 3 is 2.55 bits per heavy atom. The molecule has 3 amide bonds. The Balaban J connectivity index is 1.60. The second-order valence-electron chi connectivity index (χ2n) is 8.47. The minimum absolute atomic E-state index is 0.0355. The number of carbonyl (C=O) groups is 5. The van der Waals surface area contributed by atoms with Crippen LogP contribution < -0.4 is 5.32 Å². The number of carbonyl (C=O) groups excluding carboxylic acids is 5. The summed E-state index contributed by atoms with van der Waals surface area (Å²) in [5.41, 5.74) is 0.356. The summed E-state index contributed by atoms with van der Waals surface area (Å²) in [6.07, 6.45) is 1.85. The van der Waals surface area contributed by atoms with Crippen molar-refractivity contribution in [3.8, 4) is 0 Å². The Hall–Kier alpha value is -3.27. The van der Waals surface area contributed by atoms with E-state index in [1.165, 1.54) is 25.3 Å². The number of methoxy groups -OCH3 is 1. The van der Waals surface area contributed by atoms with E-state index in [0.717, 1.165) is 17.7 Å². The molecule has 33 heavy (non-hydrogen) atoms. The van der Waals surface area contributed by atoms with Crippen LogP contribution in [-0.2, 0) is 23.8 Å². The Kier molecular flexibility index (Phi) is 7.80. The first-order valence-corrected chi connectivity index (χ1v) is 10.9. The van der Waals surface area contributed by atoms with Crippen LogP contribution in [0.3, 0.4) is 0 Å². The average molecular weight is 460 g/mol. The predicted molar refractivity (Wildman–Crippen MR) is 114 cm³/mol. The summed E-state index contributed by atoms with van der Waals surface area (Å²) in [6.45, 7) is 3.95. The monoisotopic (exact) mass is 460 g/mol. The van der Waals surface area contributed by atoms with Crippen LogP contribution in [-0.4, -0.2) is 73.6 Å². The van der Waals surface area contributed by atoms with Crippen molar-refractivity contribution in [3.05, 3.63) is 34.9 Å². The summed E-state index contributed by atoms with van der Waals surface area (Å²) in [7, 11) is 1.23. The summed E-state index contributed by atoms with van der Waals surface area (Å²) in [5.74, 6) is -2.86. The van der Waals surface area contributed by atoms with Gasteiger partial charge in [-0.25, -0.2) is 9.59 Å². The molecule has 1 aromatic rings. The largest absolute Gasteiger partial charge is 0.467 e. The zero-order valence-electron chi connectivity index (χ0n) is 18.9. The normalized spacial score (nSPS) is 18.3. The number of nitrogens with one attached hydrogen (secondary N) is 1. The van der Waals surface area contributed by atoms with Crippen LogP contribution in [0.15, 0.2) is 18.2 Å². The Morgan fingerprint density at radius 1 is 1.18 bits per heavy atom. The van der Waals surface area contributed by atoms with E-state index in [0.29, 0.717) is 13.0 Å². The first-order chi connectivity index (χ1) is 15.7. The van der Waals surface area contributed by atoms with Crippen LogP contribution in [0.25, 0.3) is 0 Å². The number of rotatable bonds is 9. The number of amides is 3. The molecule has 10 nitrogen and oxygen atoms in total. The van der Waals surface area contributed by atoms with Gasteiger partial charge in [0.15, 0.2) is 6.61 Å². The third-order valence-corrected chi connectivity index (χ3v) is 5.48. The predicted octanol–water partition coefficient (Wildman–Crippen LogP) is 1.32. The van der Waals surface area contributed by atoms with E-state index in [1.807, 2.05) is 13.8 Å². The molecule has 2 heterocycles. The van der Waals surface area contributed by atoms with E-state index < -0.39 is 42.3 Å². The maximum Gasteiger partial charge on any atom is 0.338 e. The quantitative estimate of drug-likeness (QED) is 0.432. The molecule has 178 valence electrons. The van der Waals surface area contributed by atoms with E-state index in [1.54, 1.807) is 0 Å². The fourth-order valence-electron chi connectivity index (χ4n) is 3.85. The number of hydrogen-bond acceptors (Lipinski definition) is 8. The van der Waals surface area contributed by atoms with Gasteiger partial charge >= 0.3 is 11.9 Å². The summed E-state index contributed by atoms with van der Waals surface area (Å²) in [4.78, 5) is 62.9.